The molecule has 14 heteroatoms. The van der Waals surface area contributed by atoms with Gasteiger partial charge in [0.25, 0.3) is 5.95 Å². The predicted octanol–water partition coefficient (Wildman–Crippen LogP) is 0.559. The molecule has 1 amide bonds. The van der Waals surface area contributed by atoms with Crippen LogP contribution in [0.4, 0.5) is 4.39 Å². The summed E-state index contributed by atoms with van der Waals surface area (Å²) in [4.78, 5) is 14.1. The third-order valence-corrected chi connectivity index (χ3v) is 8.02. The molecule has 0 unspecified atom stereocenters. The van der Waals surface area contributed by atoms with Crippen LogP contribution < -0.4 is 5.84 Å². The van der Waals surface area contributed by atoms with E-state index in [2.05, 4.69) is 15.3 Å². The van der Waals surface area contributed by atoms with Crippen LogP contribution in [0.2, 0.25) is 0 Å². The average Bonchev–Trinajstić information content (AvgIpc) is 3.32. The van der Waals surface area contributed by atoms with Gasteiger partial charge in [-0.05, 0) is 38.1 Å². The summed E-state index contributed by atoms with van der Waals surface area (Å²) in [6, 6.07) is 6.78. The number of hydrogen-bond donors (Lipinski definition) is 1. The van der Waals surface area contributed by atoms with Crippen molar-refractivity contribution in [3.8, 4) is 5.95 Å². The highest BCUT2D eigenvalue weighted by Crippen LogP contribution is 2.21. The molecule has 3 heterocycles. The Labute approximate surface area is 194 Å². The van der Waals surface area contributed by atoms with Crippen molar-refractivity contribution in [2.75, 3.05) is 37.8 Å². The van der Waals surface area contributed by atoms with Crippen LogP contribution in [0.3, 0.4) is 0 Å². The molecule has 0 bridgehead atoms. The lowest BCUT2D eigenvalue weighted by Crippen LogP contribution is -2.51. The fourth-order valence-electron chi connectivity index (χ4n) is 3.52. The third kappa shape index (κ3) is 4.72. The zero-order chi connectivity index (χ0) is 23.8. The van der Waals surface area contributed by atoms with Crippen LogP contribution in [-0.4, -0.2) is 80.1 Å². The van der Waals surface area contributed by atoms with E-state index < -0.39 is 15.8 Å². The van der Waals surface area contributed by atoms with Gasteiger partial charge in [0.05, 0.1) is 16.3 Å². The highest BCUT2D eigenvalue weighted by atomic mass is 32.2. The van der Waals surface area contributed by atoms with E-state index in [1.54, 1.807) is 9.58 Å². The fourth-order valence-corrected chi connectivity index (χ4v) is 5.72. The summed E-state index contributed by atoms with van der Waals surface area (Å²) in [7, 11) is -3.82. The number of nitrogens with zero attached hydrogens (tertiary/aromatic N) is 7. The van der Waals surface area contributed by atoms with Crippen molar-refractivity contribution in [3.63, 3.8) is 0 Å². The maximum absolute atomic E-state index is 13.4. The Morgan fingerprint density at radius 1 is 1.15 bits per heavy atom. The first-order valence-electron chi connectivity index (χ1n) is 10.1. The van der Waals surface area contributed by atoms with Crippen LogP contribution in [0.1, 0.15) is 11.4 Å². The molecular weight excluding hydrogens is 471 g/mol. The molecule has 1 aliphatic heterocycles. The average molecular weight is 495 g/mol. The Balaban J connectivity index is 1.34. The molecule has 11 nitrogen and oxygen atoms in total. The van der Waals surface area contributed by atoms with Gasteiger partial charge >= 0.3 is 0 Å². The van der Waals surface area contributed by atoms with Crippen LogP contribution in [0.25, 0.3) is 5.95 Å². The minimum absolute atomic E-state index is 0.0725. The molecule has 0 saturated carbocycles. The highest BCUT2D eigenvalue weighted by Gasteiger charge is 2.30. The molecule has 33 heavy (non-hydrogen) atoms. The molecule has 0 radical (unpaired) electrons. The first-order valence-corrected chi connectivity index (χ1v) is 12.5. The number of sulfonamides is 1. The monoisotopic (exact) mass is 494 g/mol. The van der Waals surface area contributed by atoms with E-state index in [1.165, 1.54) is 27.2 Å². The molecule has 0 atom stereocenters. The topological polar surface area (TPSA) is 132 Å². The van der Waals surface area contributed by atoms with E-state index in [1.807, 2.05) is 19.9 Å². The van der Waals surface area contributed by atoms with Gasteiger partial charge in [0.1, 0.15) is 5.82 Å². The third-order valence-electron chi connectivity index (χ3n) is 5.20. The van der Waals surface area contributed by atoms with Gasteiger partial charge in [-0.25, -0.2) is 22.2 Å². The number of aryl methyl sites for hydroxylation is 2. The van der Waals surface area contributed by atoms with Gasteiger partial charge in [0.2, 0.25) is 21.1 Å². The second-order valence-electron chi connectivity index (χ2n) is 7.52. The lowest BCUT2D eigenvalue weighted by Gasteiger charge is -2.34. The van der Waals surface area contributed by atoms with Crippen LogP contribution in [0, 0.1) is 19.7 Å². The summed E-state index contributed by atoms with van der Waals surface area (Å²) in [6.07, 6.45) is 0. The van der Waals surface area contributed by atoms with Crippen LogP contribution in [-0.2, 0) is 14.8 Å². The quantitative estimate of drug-likeness (QED) is 0.388. The standard InChI is InChI=1S/C19H23FN8O3S2/c1-13-10-14(2)28(24-13)18-22-23-19(27(18)21)32-12-17(29)25-6-8-26(9-7-25)33(30,31)16-5-3-4-15(20)11-16/h3-5,10-11H,6-9,12,21H2,1-2H3. The van der Waals surface area contributed by atoms with Gasteiger partial charge in [-0.2, -0.15) is 9.40 Å². The van der Waals surface area contributed by atoms with Crippen LogP contribution in [0.15, 0.2) is 40.4 Å². The Morgan fingerprint density at radius 2 is 1.88 bits per heavy atom. The minimum atomic E-state index is -3.82. The Morgan fingerprint density at radius 3 is 2.52 bits per heavy atom. The number of amides is 1. The molecule has 1 aromatic carbocycles. The summed E-state index contributed by atoms with van der Waals surface area (Å²) in [5, 5.41) is 12.8. The fraction of sp³-hybridized carbons (Fsp3) is 0.368. The van der Waals surface area contributed by atoms with E-state index in [0.29, 0.717) is 11.1 Å². The second-order valence-corrected chi connectivity index (χ2v) is 10.4. The lowest BCUT2D eigenvalue weighted by atomic mass is 10.3. The number of nitrogen functional groups attached to an aromatic ring is 1. The summed E-state index contributed by atoms with van der Waals surface area (Å²) in [5.41, 5.74) is 1.67. The summed E-state index contributed by atoms with van der Waals surface area (Å²) >= 11 is 1.14. The molecule has 1 fully saturated rings. The van der Waals surface area contributed by atoms with E-state index in [0.717, 1.165) is 29.2 Å². The minimum Gasteiger partial charge on any atom is -0.339 e. The van der Waals surface area contributed by atoms with Crippen molar-refractivity contribution in [2.45, 2.75) is 23.9 Å². The van der Waals surface area contributed by atoms with Crippen molar-refractivity contribution >= 4 is 27.7 Å². The van der Waals surface area contributed by atoms with Gasteiger partial charge < -0.3 is 10.7 Å². The van der Waals surface area contributed by atoms with Gasteiger partial charge in [-0.3, -0.25) is 4.79 Å². The van der Waals surface area contributed by atoms with E-state index in [-0.39, 0.29) is 42.7 Å². The second kappa shape index (κ2) is 9.11. The normalized spacial score (nSPS) is 15.2. The summed E-state index contributed by atoms with van der Waals surface area (Å²) < 4.78 is 43.0. The van der Waals surface area contributed by atoms with Gasteiger partial charge in [-0.15, -0.1) is 10.2 Å². The number of hydrogen-bond acceptors (Lipinski definition) is 8. The van der Waals surface area contributed by atoms with Gasteiger partial charge in [0, 0.05) is 31.9 Å². The molecule has 1 saturated heterocycles. The Kier molecular flexibility index (Phi) is 6.41. The molecule has 0 aliphatic carbocycles. The Hall–Kier alpha value is -2.97. The molecule has 2 aromatic heterocycles. The van der Waals surface area contributed by atoms with Crippen molar-refractivity contribution in [3.05, 3.63) is 47.5 Å². The number of nitrogens with two attached hydrogens (primary N) is 1. The molecule has 0 spiro atoms. The Bertz CT molecular complexity index is 1280. The number of carbonyl (C=O) groups is 1. The SMILES string of the molecule is Cc1cc(C)n(-c2nnc(SCC(=O)N3CCN(S(=O)(=O)c4cccc(F)c4)CC3)n2N)n1. The first-order chi connectivity index (χ1) is 15.7. The van der Waals surface area contributed by atoms with Crippen molar-refractivity contribution in [2.24, 2.45) is 0 Å². The summed E-state index contributed by atoms with van der Waals surface area (Å²) in [5.74, 6) is 5.72. The van der Waals surface area contributed by atoms with Crippen molar-refractivity contribution in [1.29, 1.82) is 0 Å². The smallest absolute Gasteiger partial charge is 0.271 e. The van der Waals surface area contributed by atoms with Crippen LogP contribution in [0.5, 0.6) is 0 Å². The zero-order valence-electron chi connectivity index (χ0n) is 18.0. The number of thioether (sulfide) groups is 1. The maximum Gasteiger partial charge on any atom is 0.271 e. The van der Waals surface area contributed by atoms with Crippen molar-refractivity contribution < 1.29 is 17.6 Å². The number of piperazine rings is 1. The number of benzene rings is 1. The number of aromatic nitrogens is 5. The molecule has 2 N–H and O–H groups in total. The summed E-state index contributed by atoms with van der Waals surface area (Å²) in [6.45, 7) is 4.46. The van der Waals surface area contributed by atoms with Gasteiger partial charge in [-0.1, -0.05) is 17.8 Å². The van der Waals surface area contributed by atoms with E-state index >= 15 is 0 Å². The predicted molar refractivity (Wildman–Crippen MR) is 119 cm³/mol. The van der Waals surface area contributed by atoms with E-state index in [9.17, 15) is 17.6 Å². The number of rotatable bonds is 6. The molecule has 3 aromatic rings. The van der Waals surface area contributed by atoms with Gasteiger partial charge in [0.15, 0.2) is 0 Å². The molecular formula is C19H23FN8O3S2. The molecule has 176 valence electrons. The highest BCUT2D eigenvalue weighted by molar-refractivity contribution is 7.99. The lowest BCUT2D eigenvalue weighted by molar-refractivity contribution is -0.129. The number of halogens is 1. The number of carbonyl (C=O) groups excluding carboxylic acids is 1. The van der Waals surface area contributed by atoms with Crippen LogP contribution >= 0.6 is 11.8 Å². The first kappa shape index (κ1) is 23.2. The maximum atomic E-state index is 13.4. The van der Waals surface area contributed by atoms with E-state index in [4.69, 9.17) is 5.84 Å². The molecule has 1 aliphatic rings. The largest absolute Gasteiger partial charge is 0.339 e. The van der Waals surface area contributed by atoms with Crippen molar-refractivity contribution in [1.82, 2.24) is 33.9 Å². The zero-order valence-corrected chi connectivity index (χ0v) is 19.7. The molecule has 4 rings (SSSR count).